The predicted molar refractivity (Wildman–Crippen MR) is 75.6 cm³/mol. The first-order valence-electron chi connectivity index (χ1n) is 6.56. The predicted octanol–water partition coefficient (Wildman–Crippen LogP) is 3.10. The minimum absolute atomic E-state index is 0.145. The summed E-state index contributed by atoms with van der Waals surface area (Å²) in [5.41, 5.74) is 1.05. The molecule has 0 bridgehead atoms. The second kappa shape index (κ2) is 5.47. The highest BCUT2D eigenvalue weighted by atomic mass is 32.2. The van der Waals surface area contributed by atoms with Crippen LogP contribution in [0.5, 0.6) is 0 Å². The van der Waals surface area contributed by atoms with Gasteiger partial charge in [0.25, 0.3) is 0 Å². The lowest BCUT2D eigenvalue weighted by atomic mass is 10.0. The molecule has 0 fully saturated rings. The van der Waals surface area contributed by atoms with Crippen LogP contribution in [0.2, 0.25) is 0 Å². The van der Waals surface area contributed by atoms with Gasteiger partial charge in [-0.3, -0.25) is 0 Å². The topological polar surface area (TPSA) is 43.4 Å². The Bertz CT molecular complexity index is 568. The Labute approximate surface area is 115 Å². The van der Waals surface area contributed by atoms with Gasteiger partial charge in [0, 0.05) is 0 Å². The van der Waals surface area contributed by atoms with Crippen LogP contribution in [0.1, 0.15) is 25.8 Å². The fourth-order valence-electron chi connectivity index (χ4n) is 2.23. The van der Waals surface area contributed by atoms with Crippen molar-refractivity contribution in [2.75, 3.05) is 6.61 Å². The minimum atomic E-state index is -3.44. The highest BCUT2D eigenvalue weighted by molar-refractivity contribution is 7.95. The molecule has 1 atom stereocenters. The molecule has 4 heteroatoms. The molecule has 0 saturated heterocycles. The van der Waals surface area contributed by atoms with Gasteiger partial charge in [-0.15, -0.1) is 0 Å². The fraction of sp³-hybridized carbons (Fsp3) is 0.467. The average Bonchev–Trinajstić information content (AvgIpc) is 2.39. The number of hydrogen-bond acceptors (Lipinski definition) is 3. The molecule has 0 aromatic heterocycles. The van der Waals surface area contributed by atoms with E-state index >= 15 is 0 Å². The maximum atomic E-state index is 12.7. The number of hydrogen-bond donors (Lipinski definition) is 0. The summed E-state index contributed by atoms with van der Waals surface area (Å²) in [6, 6.07) is 6.97. The van der Waals surface area contributed by atoms with Crippen LogP contribution in [-0.4, -0.2) is 21.1 Å². The molecule has 1 heterocycles. The molecule has 0 aliphatic carbocycles. The lowest BCUT2D eigenvalue weighted by Gasteiger charge is -2.27. The molecule has 3 nitrogen and oxygen atoms in total. The van der Waals surface area contributed by atoms with E-state index < -0.39 is 9.84 Å². The summed E-state index contributed by atoms with van der Waals surface area (Å²) in [5.74, 6) is 0.145. The first-order chi connectivity index (χ1) is 8.93. The largest absolute Gasteiger partial charge is 0.372 e. The molecule has 0 radical (unpaired) electrons. The van der Waals surface area contributed by atoms with Crippen molar-refractivity contribution in [3.05, 3.63) is 40.8 Å². The summed E-state index contributed by atoms with van der Waals surface area (Å²) in [7, 11) is -3.44. The zero-order valence-corrected chi connectivity index (χ0v) is 12.4. The molecule has 19 heavy (non-hydrogen) atoms. The molecule has 1 aliphatic rings. The van der Waals surface area contributed by atoms with E-state index in [1.165, 1.54) is 0 Å². The van der Waals surface area contributed by atoms with Gasteiger partial charge in [-0.25, -0.2) is 8.42 Å². The van der Waals surface area contributed by atoms with Gasteiger partial charge < -0.3 is 4.74 Å². The van der Waals surface area contributed by atoms with E-state index in [9.17, 15) is 8.42 Å². The van der Waals surface area contributed by atoms with Crippen molar-refractivity contribution < 1.29 is 13.2 Å². The van der Waals surface area contributed by atoms with Crippen LogP contribution in [0, 0.1) is 12.8 Å². The van der Waals surface area contributed by atoms with Crippen LogP contribution in [0.3, 0.4) is 0 Å². The summed E-state index contributed by atoms with van der Waals surface area (Å²) in [4.78, 5) is 0.762. The van der Waals surface area contributed by atoms with Crippen LogP contribution < -0.4 is 0 Å². The first kappa shape index (κ1) is 14.3. The molecule has 0 N–H and O–H groups in total. The van der Waals surface area contributed by atoms with Crippen LogP contribution in [-0.2, 0) is 14.6 Å². The van der Waals surface area contributed by atoms with Crippen molar-refractivity contribution in [3.63, 3.8) is 0 Å². The Morgan fingerprint density at radius 2 is 1.84 bits per heavy atom. The third kappa shape index (κ3) is 2.90. The molecule has 0 saturated carbocycles. The number of ether oxygens (including phenoxy) is 1. The molecule has 1 aliphatic heterocycles. The van der Waals surface area contributed by atoms with Crippen molar-refractivity contribution in [2.45, 2.75) is 38.2 Å². The van der Waals surface area contributed by atoms with Gasteiger partial charge in [-0.2, -0.15) is 0 Å². The third-order valence-electron chi connectivity index (χ3n) is 3.29. The van der Waals surface area contributed by atoms with E-state index in [-0.39, 0.29) is 12.0 Å². The van der Waals surface area contributed by atoms with E-state index in [0.29, 0.717) is 22.8 Å². The van der Waals surface area contributed by atoms with Gasteiger partial charge in [-0.05, 0) is 31.4 Å². The molecule has 0 spiro atoms. The van der Waals surface area contributed by atoms with Crippen molar-refractivity contribution in [2.24, 2.45) is 5.92 Å². The van der Waals surface area contributed by atoms with Gasteiger partial charge in [0.2, 0.25) is 9.84 Å². The Kier molecular flexibility index (Phi) is 4.11. The Morgan fingerprint density at radius 1 is 1.21 bits per heavy atom. The standard InChI is InChI=1S/C15H20O3S/c1-11(2)15-14(5-4-10-18-15)19(16,17)13-8-6-12(3)7-9-13/h5-9,11,15H,4,10H2,1-3H3. The molecular weight excluding hydrogens is 260 g/mol. The monoisotopic (exact) mass is 280 g/mol. The van der Waals surface area contributed by atoms with Gasteiger partial charge in [0.1, 0.15) is 0 Å². The van der Waals surface area contributed by atoms with E-state index in [2.05, 4.69) is 0 Å². The van der Waals surface area contributed by atoms with Gasteiger partial charge in [0.05, 0.1) is 22.5 Å². The van der Waals surface area contributed by atoms with Gasteiger partial charge in [-0.1, -0.05) is 37.6 Å². The van der Waals surface area contributed by atoms with Crippen molar-refractivity contribution >= 4 is 9.84 Å². The third-order valence-corrected chi connectivity index (χ3v) is 5.20. The number of benzene rings is 1. The summed E-state index contributed by atoms with van der Waals surface area (Å²) >= 11 is 0. The maximum Gasteiger partial charge on any atom is 0.205 e. The number of aryl methyl sites for hydroxylation is 1. The fourth-order valence-corrected chi connectivity index (χ4v) is 3.98. The summed E-state index contributed by atoms with van der Waals surface area (Å²) in [6.45, 7) is 6.50. The van der Waals surface area contributed by atoms with E-state index in [1.54, 1.807) is 12.1 Å². The average molecular weight is 280 g/mol. The van der Waals surface area contributed by atoms with E-state index in [0.717, 1.165) is 5.56 Å². The van der Waals surface area contributed by atoms with Crippen molar-refractivity contribution in [3.8, 4) is 0 Å². The molecule has 1 aromatic rings. The van der Waals surface area contributed by atoms with Gasteiger partial charge >= 0.3 is 0 Å². The molecule has 1 aromatic carbocycles. The summed E-state index contributed by atoms with van der Waals surface area (Å²) in [5, 5.41) is 0. The molecule has 2 rings (SSSR count). The second-order valence-corrected chi connectivity index (χ2v) is 7.20. The zero-order chi connectivity index (χ0) is 14.0. The van der Waals surface area contributed by atoms with Gasteiger partial charge in [0.15, 0.2) is 0 Å². The minimum Gasteiger partial charge on any atom is -0.372 e. The SMILES string of the molecule is Cc1ccc(S(=O)(=O)C2=CCCOC2C(C)C)cc1. The molecular formula is C15H20O3S. The normalized spacial score (nSPS) is 20.4. The van der Waals surface area contributed by atoms with E-state index in [4.69, 9.17) is 4.74 Å². The number of rotatable bonds is 3. The molecule has 104 valence electrons. The number of sulfone groups is 1. The van der Waals surface area contributed by atoms with Crippen LogP contribution in [0.4, 0.5) is 0 Å². The summed E-state index contributed by atoms with van der Waals surface area (Å²) in [6.07, 6.45) is 2.13. The maximum absolute atomic E-state index is 12.7. The van der Waals surface area contributed by atoms with Crippen LogP contribution in [0.15, 0.2) is 40.1 Å². The lowest BCUT2D eigenvalue weighted by molar-refractivity contribution is 0.0463. The zero-order valence-electron chi connectivity index (χ0n) is 11.6. The van der Waals surface area contributed by atoms with Crippen molar-refractivity contribution in [1.29, 1.82) is 0 Å². The Hall–Kier alpha value is -1.13. The second-order valence-electron chi connectivity index (χ2n) is 5.25. The quantitative estimate of drug-likeness (QED) is 0.854. The Balaban J connectivity index is 2.43. The highest BCUT2D eigenvalue weighted by Gasteiger charge is 2.32. The molecule has 0 amide bonds. The van der Waals surface area contributed by atoms with E-state index in [1.807, 2.05) is 39.0 Å². The smallest absolute Gasteiger partial charge is 0.205 e. The van der Waals surface area contributed by atoms with Crippen LogP contribution in [0.25, 0.3) is 0 Å². The van der Waals surface area contributed by atoms with Crippen molar-refractivity contribution in [1.82, 2.24) is 0 Å². The molecule has 1 unspecified atom stereocenters. The summed E-state index contributed by atoms with van der Waals surface area (Å²) < 4.78 is 31.0. The van der Waals surface area contributed by atoms with Crippen LogP contribution >= 0.6 is 0 Å². The first-order valence-corrected chi connectivity index (χ1v) is 8.04. The lowest BCUT2D eigenvalue weighted by Crippen LogP contribution is -2.30. The Morgan fingerprint density at radius 3 is 2.42 bits per heavy atom. The highest BCUT2D eigenvalue weighted by Crippen LogP contribution is 2.30.